The Morgan fingerprint density at radius 1 is 0.275 bits per heavy atom. The first-order valence-corrected chi connectivity index (χ1v) is 45.7. The van der Waals surface area contributed by atoms with Gasteiger partial charge in [-0.05, 0) is 49.4 Å². The van der Waals surface area contributed by atoms with E-state index in [0.29, 0.717) is 25.7 Å². The normalized spacial score (nSPS) is 14.3. The summed E-state index contributed by atoms with van der Waals surface area (Å²) in [6, 6.07) is 0. The number of hydrogen-bond acceptors (Lipinski definition) is 15. The summed E-state index contributed by atoms with van der Waals surface area (Å²) in [5.41, 5.74) is 0. The average molecular weight is 1490 g/mol. The number of aliphatic hydroxyl groups excluding tert-OH is 1. The second kappa shape index (κ2) is 72.0. The summed E-state index contributed by atoms with van der Waals surface area (Å²) < 4.78 is 68.7. The van der Waals surface area contributed by atoms with E-state index in [1.54, 1.807) is 0 Å². The number of phosphoric acid groups is 2. The molecule has 3 N–H and O–H groups in total. The van der Waals surface area contributed by atoms with Crippen LogP contribution in [-0.4, -0.2) is 96.7 Å². The number of esters is 4. The van der Waals surface area contributed by atoms with Crippen molar-refractivity contribution in [3.63, 3.8) is 0 Å². The predicted molar refractivity (Wildman–Crippen MR) is 418 cm³/mol. The number of phosphoric ester groups is 2. The van der Waals surface area contributed by atoms with Crippen LogP contribution in [0.1, 0.15) is 428 Å². The van der Waals surface area contributed by atoms with E-state index in [9.17, 15) is 43.2 Å². The van der Waals surface area contributed by atoms with E-state index in [1.807, 2.05) is 0 Å². The van der Waals surface area contributed by atoms with Crippen LogP contribution in [0.15, 0.2) is 0 Å². The summed E-state index contributed by atoms with van der Waals surface area (Å²) in [7, 11) is -9.92. The van der Waals surface area contributed by atoms with Gasteiger partial charge in [-0.1, -0.05) is 376 Å². The molecule has 0 aromatic rings. The highest BCUT2D eigenvalue weighted by molar-refractivity contribution is 7.47. The Morgan fingerprint density at radius 3 is 0.696 bits per heavy atom. The summed E-state index contributed by atoms with van der Waals surface area (Å²) in [6.07, 6.45) is 59.9. The zero-order valence-corrected chi connectivity index (χ0v) is 69.0. The van der Waals surface area contributed by atoms with Gasteiger partial charge in [-0.15, -0.1) is 0 Å². The van der Waals surface area contributed by atoms with Crippen LogP contribution in [0.3, 0.4) is 0 Å². The summed E-state index contributed by atoms with van der Waals surface area (Å²) in [5.74, 6) is 0.986. The third-order valence-corrected chi connectivity index (χ3v) is 21.6. The van der Waals surface area contributed by atoms with Crippen molar-refractivity contribution in [2.24, 2.45) is 23.7 Å². The third-order valence-electron chi connectivity index (χ3n) is 19.7. The van der Waals surface area contributed by atoms with E-state index in [2.05, 4.69) is 55.4 Å². The maximum absolute atomic E-state index is 13.1. The fraction of sp³-hybridized carbons (Fsp3) is 0.952. The van der Waals surface area contributed by atoms with Crippen molar-refractivity contribution in [3.05, 3.63) is 0 Å². The third kappa shape index (κ3) is 74.9. The Kier molecular flexibility index (Phi) is 70.6. The van der Waals surface area contributed by atoms with Gasteiger partial charge in [-0.3, -0.25) is 37.3 Å². The molecule has 19 heteroatoms. The highest BCUT2D eigenvalue weighted by atomic mass is 31.2. The van der Waals surface area contributed by atoms with E-state index in [0.717, 1.165) is 120 Å². The quantitative estimate of drug-likeness (QED) is 0.0222. The van der Waals surface area contributed by atoms with Gasteiger partial charge in [0, 0.05) is 25.7 Å². The molecule has 102 heavy (non-hydrogen) atoms. The second-order valence-electron chi connectivity index (χ2n) is 31.5. The number of carbonyl (C=O) groups excluding carboxylic acids is 4. The molecule has 0 saturated heterocycles. The van der Waals surface area contributed by atoms with Crippen LogP contribution in [0, 0.1) is 23.7 Å². The molecule has 0 saturated carbocycles. The maximum atomic E-state index is 13.1. The molecule has 0 aliphatic rings. The van der Waals surface area contributed by atoms with Crippen LogP contribution in [0.5, 0.6) is 0 Å². The molecule has 0 aromatic heterocycles. The molecule has 6 atom stereocenters. The van der Waals surface area contributed by atoms with Crippen molar-refractivity contribution >= 4 is 39.5 Å². The number of rotatable bonds is 80. The van der Waals surface area contributed by atoms with Crippen molar-refractivity contribution < 1.29 is 80.2 Å². The first kappa shape index (κ1) is 100. The number of ether oxygens (including phenoxy) is 4. The largest absolute Gasteiger partial charge is 0.472 e. The lowest BCUT2D eigenvalue weighted by molar-refractivity contribution is -0.161. The summed E-state index contributed by atoms with van der Waals surface area (Å²) in [4.78, 5) is 73.0. The van der Waals surface area contributed by atoms with Gasteiger partial charge in [0.15, 0.2) is 12.2 Å². The molecule has 606 valence electrons. The van der Waals surface area contributed by atoms with Crippen LogP contribution < -0.4 is 0 Å². The van der Waals surface area contributed by atoms with Gasteiger partial charge in [0.05, 0.1) is 26.4 Å². The Bertz CT molecular complexity index is 1990. The van der Waals surface area contributed by atoms with Gasteiger partial charge in [-0.2, -0.15) is 0 Å². The molecule has 0 amide bonds. The van der Waals surface area contributed by atoms with Crippen molar-refractivity contribution in [2.75, 3.05) is 39.6 Å². The molecule has 0 bridgehead atoms. The monoisotopic (exact) mass is 1490 g/mol. The van der Waals surface area contributed by atoms with E-state index in [-0.39, 0.29) is 25.7 Å². The minimum Gasteiger partial charge on any atom is -0.462 e. The smallest absolute Gasteiger partial charge is 0.462 e. The topological polar surface area (TPSA) is 237 Å². The van der Waals surface area contributed by atoms with Crippen molar-refractivity contribution in [1.29, 1.82) is 0 Å². The fourth-order valence-corrected chi connectivity index (χ4v) is 14.3. The average Bonchev–Trinajstić information content (AvgIpc) is 0.913. The zero-order valence-electron chi connectivity index (χ0n) is 67.2. The van der Waals surface area contributed by atoms with Crippen molar-refractivity contribution in [3.8, 4) is 0 Å². The van der Waals surface area contributed by atoms with Crippen molar-refractivity contribution in [2.45, 2.75) is 446 Å². The second-order valence-corrected chi connectivity index (χ2v) is 34.4. The SMILES string of the molecule is CCC(C)CCCCCCCCC(=O)OC[C@H](COP(=O)(O)OC[C@H](O)COP(=O)(O)OC[C@@H](COC(=O)CCCCCCCCCCCCCCCCCCC(C)C)OC(=O)CCCCCCCCCCCCCCCCCCCCC(C)C)OC(=O)CCCCCCCCCCCC(C)C. The van der Waals surface area contributed by atoms with E-state index in [1.165, 1.54) is 225 Å². The maximum Gasteiger partial charge on any atom is 0.472 e. The van der Waals surface area contributed by atoms with Crippen LogP contribution in [-0.2, 0) is 65.4 Å². The number of unbranched alkanes of at least 4 members (excludes halogenated alkanes) is 45. The summed E-state index contributed by atoms with van der Waals surface area (Å²) in [6.45, 7) is 14.3. The van der Waals surface area contributed by atoms with Gasteiger partial charge in [0.1, 0.15) is 19.3 Å². The molecular weight excluding hydrogens is 1330 g/mol. The molecule has 0 spiro atoms. The molecule has 0 fully saturated rings. The lowest BCUT2D eigenvalue weighted by atomic mass is 10.00. The predicted octanol–water partition coefficient (Wildman–Crippen LogP) is 24.8. The molecule has 17 nitrogen and oxygen atoms in total. The standard InChI is InChI=1S/C83H162O17P2/c1-9-76(8)62-54-46-41-42-48-56-64-81(86)94-70-79(100-83(88)66-58-50-40-34-28-31-37-45-53-61-75(6)7)72-98-102(91,92)96-68-77(84)67-95-101(89,90)97-71-78(69-93-80(85)63-55-47-38-32-26-22-18-15-14-17-21-25-30-36-44-52-60-74(4)5)99-82(87)65-57-49-39-33-27-23-19-13-11-10-12-16-20-24-29-35-43-51-59-73(2)3/h73-79,84H,9-72H2,1-8H3,(H,89,90)(H,91,92)/t76?,77-,78-,79-/m1/s1. The molecule has 0 heterocycles. The first-order chi connectivity index (χ1) is 49.1. The lowest BCUT2D eigenvalue weighted by Crippen LogP contribution is -2.30. The van der Waals surface area contributed by atoms with Crippen LogP contribution in [0.2, 0.25) is 0 Å². The van der Waals surface area contributed by atoms with E-state index in [4.69, 9.17) is 37.0 Å². The van der Waals surface area contributed by atoms with Gasteiger partial charge < -0.3 is 33.8 Å². The molecule has 0 aliphatic carbocycles. The van der Waals surface area contributed by atoms with Gasteiger partial charge >= 0.3 is 39.5 Å². The number of aliphatic hydroxyl groups is 1. The fourth-order valence-electron chi connectivity index (χ4n) is 12.8. The van der Waals surface area contributed by atoms with Gasteiger partial charge in [0.25, 0.3) is 0 Å². The summed E-state index contributed by atoms with van der Waals surface area (Å²) >= 11 is 0. The lowest BCUT2D eigenvalue weighted by Gasteiger charge is -2.21. The van der Waals surface area contributed by atoms with E-state index < -0.39 is 97.5 Å². The minimum atomic E-state index is -4.96. The number of carbonyl (C=O) groups is 4. The van der Waals surface area contributed by atoms with Crippen molar-refractivity contribution in [1.82, 2.24) is 0 Å². The molecular formula is C83H162O17P2. The first-order valence-electron chi connectivity index (χ1n) is 42.7. The van der Waals surface area contributed by atoms with E-state index >= 15 is 0 Å². The molecule has 0 aromatic carbocycles. The molecule has 3 unspecified atom stereocenters. The molecule has 0 radical (unpaired) electrons. The highest BCUT2D eigenvalue weighted by Crippen LogP contribution is 2.45. The summed E-state index contributed by atoms with van der Waals surface area (Å²) in [5, 5.41) is 10.6. The highest BCUT2D eigenvalue weighted by Gasteiger charge is 2.30. The van der Waals surface area contributed by atoms with Gasteiger partial charge in [0.2, 0.25) is 0 Å². The van der Waals surface area contributed by atoms with Crippen LogP contribution in [0.25, 0.3) is 0 Å². The molecule has 0 rings (SSSR count). The Balaban J connectivity index is 5.22. The Hall–Kier alpha value is -1.94. The van der Waals surface area contributed by atoms with Crippen LogP contribution >= 0.6 is 15.6 Å². The van der Waals surface area contributed by atoms with Crippen LogP contribution in [0.4, 0.5) is 0 Å². The zero-order chi connectivity index (χ0) is 75.3. The Labute approximate surface area is 626 Å². The Morgan fingerprint density at radius 2 is 0.471 bits per heavy atom. The minimum absolute atomic E-state index is 0.104. The molecule has 0 aliphatic heterocycles. The van der Waals surface area contributed by atoms with Gasteiger partial charge in [-0.25, -0.2) is 9.13 Å². The number of hydrogen-bond donors (Lipinski definition) is 3.